The number of benzene rings is 1. The Hall–Kier alpha value is -1.56. The lowest BCUT2D eigenvalue weighted by Gasteiger charge is -1.97. The van der Waals surface area contributed by atoms with Crippen LogP contribution in [-0.2, 0) is 0 Å². The van der Waals surface area contributed by atoms with Gasteiger partial charge in [-0.1, -0.05) is 61.9 Å². The largest absolute Gasteiger partial charge is 0.0772 e. The first kappa shape index (κ1) is 9.97. The van der Waals surface area contributed by atoms with Gasteiger partial charge in [0.1, 0.15) is 0 Å². The molecule has 0 aromatic heterocycles. The van der Waals surface area contributed by atoms with Gasteiger partial charge in [-0.05, 0) is 29.2 Å². The molecule has 1 aliphatic carbocycles. The predicted molar refractivity (Wildman–Crippen MR) is 66.6 cm³/mol. The van der Waals surface area contributed by atoms with E-state index in [-0.39, 0.29) is 0 Å². The minimum absolute atomic E-state index is 1.16. The van der Waals surface area contributed by atoms with Crippen molar-refractivity contribution in [3.63, 3.8) is 0 Å². The van der Waals surface area contributed by atoms with E-state index in [4.69, 9.17) is 0 Å². The molecule has 1 aromatic rings. The molecule has 15 heavy (non-hydrogen) atoms. The third-order valence-electron chi connectivity index (χ3n) is 2.55. The minimum atomic E-state index is 1.16. The molecule has 0 N–H and O–H groups in total. The highest BCUT2D eigenvalue weighted by Gasteiger charge is 2.03. The van der Waals surface area contributed by atoms with Crippen LogP contribution in [0, 0.1) is 0 Å². The zero-order valence-electron chi connectivity index (χ0n) is 9.11. The van der Waals surface area contributed by atoms with Crippen LogP contribution in [0.5, 0.6) is 0 Å². The van der Waals surface area contributed by atoms with Crippen molar-refractivity contribution in [2.45, 2.75) is 19.8 Å². The average molecular weight is 196 g/mol. The molecule has 0 saturated heterocycles. The first-order valence-corrected chi connectivity index (χ1v) is 5.55. The second kappa shape index (κ2) is 4.79. The van der Waals surface area contributed by atoms with E-state index >= 15 is 0 Å². The van der Waals surface area contributed by atoms with E-state index in [0.717, 1.165) is 6.42 Å². The summed E-state index contributed by atoms with van der Waals surface area (Å²) in [6.07, 6.45) is 11.3. The van der Waals surface area contributed by atoms with Crippen LogP contribution in [0.3, 0.4) is 0 Å². The molecule has 0 heterocycles. The number of rotatable bonds is 3. The Balaban J connectivity index is 2.18. The maximum Gasteiger partial charge on any atom is -0.0178 e. The summed E-state index contributed by atoms with van der Waals surface area (Å²) in [5, 5.41) is 0. The average Bonchev–Trinajstić information content (AvgIpc) is 2.76. The van der Waals surface area contributed by atoms with E-state index in [0.29, 0.717) is 0 Å². The van der Waals surface area contributed by atoms with Crippen LogP contribution in [-0.4, -0.2) is 0 Å². The molecule has 0 nitrogen and oxygen atoms in total. The summed E-state index contributed by atoms with van der Waals surface area (Å²) in [5.41, 5.74) is 3.96. The Morgan fingerprint density at radius 1 is 1.07 bits per heavy atom. The van der Waals surface area contributed by atoms with E-state index in [1.165, 1.54) is 23.1 Å². The highest BCUT2D eigenvalue weighted by atomic mass is 14.1. The summed E-state index contributed by atoms with van der Waals surface area (Å²) >= 11 is 0. The predicted octanol–water partition coefficient (Wildman–Crippen LogP) is 4.37. The summed E-state index contributed by atoms with van der Waals surface area (Å²) in [6, 6.07) is 10.5. The molecule has 0 aliphatic heterocycles. The first-order valence-electron chi connectivity index (χ1n) is 5.55. The van der Waals surface area contributed by atoms with Crippen LogP contribution < -0.4 is 0 Å². The van der Waals surface area contributed by atoms with Gasteiger partial charge in [-0.15, -0.1) is 0 Å². The van der Waals surface area contributed by atoms with Crippen molar-refractivity contribution >= 4 is 5.57 Å². The molecule has 0 amide bonds. The summed E-state index contributed by atoms with van der Waals surface area (Å²) in [6.45, 7) is 2.21. The van der Waals surface area contributed by atoms with Crippen molar-refractivity contribution in [1.29, 1.82) is 0 Å². The number of allylic oxidation sites excluding steroid dienone is 6. The van der Waals surface area contributed by atoms with Crippen LogP contribution in [0.4, 0.5) is 0 Å². The molecule has 0 heteroatoms. The SMILES string of the molecule is CCCC=C1C=CC(c2ccccc2)=C1. The van der Waals surface area contributed by atoms with Crippen LogP contribution in [0.15, 0.2) is 60.2 Å². The molecule has 0 spiro atoms. The van der Waals surface area contributed by atoms with Gasteiger partial charge in [0, 0.05) is 0 Å². The fourth-order valence-electron chi connectivity index (χ4n) is 1.71. The smallest absolute Gasteiger partial charge is 0.0178 e. The Bertz CT molecular complexity index is 405. The Labute approximate surface area is 91.6 Å². The molecule has 0 radical (unpaired) electrons. The lowest BCUT2D eigenvalue weighted by atomic mass is 10.1. The Kier molecular flexibility index (Phi) is 3.18. The van der Waals surface area contributed by atoms with Crippen LogP contribution in [0.2, 0.25) is 0 Å². The molecule has 0 unspecified atom stereocenters. The summed E-state index contributed by atoms with van der Waals surface area (Å²) in [4.78, 5) is 0. The van der Waals surface area contributed by atoms with Crippen LogP contribution >= 0.6 is 0 Å². The van der Waals surface area contributed by atoms with E-state index in [1.807, 2.05) is 0 Å². The van der Waals surface area contributed by atoms with E-state index < -0.39 is 0 Å². The standard InChI is InChI=1S/C15H16/c1-2-3-7-13-10-11-15(12-13)14-8-5-4-6-9-14/h4-12H,2-3H2,1H3. The number of unbranched alkanes of at least 4 members (excludes halogenated alkanes) is 1. The van der Waals surface area contributed by atoms with E-state index in [1.54, 1.807) is 0 Å². The maximum absolute atomic E-state index is 2.30. The maximum atomic E-state index is 2.30. The lowest BCUT2D eigenvalue weighted by Crippen LogP contribution is -1.76. The second-order valence-electron chi connectivity index (χ2n) is 3.79. The van der Waals surface area contributed by atoms with Gasteiger partial charge < -0.3 is 0 Å². The summed E-state index contributed by atoms with van der Waals surface area (Å²) in [7, 11) is 0. The molecule has 1 aromatic carbocycles. The van der Waals surface area contributed by atoms with Gasteiger partial charge in [0.25, 0.3) is 0 Å². The van der Waals surface area contributed by atoms with Crippen molar-refractivity contribution < 1.29 is 0 Å². The molecule has 0 bridgehead atoms. The summed E-state index contributed by atoms with van der Waals surface area (Å²) < 4.78 is 0. The van der Waals surface area contributed by atoms with Gasteiger partial charge in [0.05, 0.1) is 0 Å². The molecule has 1 aliphatic rings. The van der Waals surface area contributed by atoms with Gasteiger partial charge in [-0.2, -0.15) is 0 Å². The molecule has 0 saturated carbocycles. The zero-order valence-corrected chi connectivity index (χ0v) is 9.11. The number of hydrogen-bond donors (Lipinski definition) is 0. The van der Waals surface area contributed by atoms with Gasteiger partial charge in [0.15, 0.2) is 0 Å². The van der Waals surface area contributed by atoms with Gasteiger partial charge in [-0.25, -0.2) is 0 Å². The van der Waals surface area contributed by atoms with Gasteiger partial charge in [0.2, 0.25) is 0 Å². The highest BCUT2D eigenvalue weighted by molar-refractivity contribution is 5.81. The molecule has 0 atom stereocenters. The van der Waals surface area contributed by atoms with E-state index in [2.05, 4.69) is 61.6 Å². The van der Waals surface area contributed by atoms with Crippen molar-refractivity contribution in [1.82, 2.24) is 0 Å². The molecule has 76 valence electrons. The molecule has 0 fully saturated rings. The van der Waals surface area contributed by atoms with Crippen molar-refractivity contribution in [3.8, 4) is 0 Å². The topological polar surface area (TPSA) is 0 Å². The van der Waals surface area contributed by atoms with Gasteiger partial charge in [-0.3, -0.25) is 0 Å². The van der Waals surface area contributed by atoms with Gasteiger partial charge >= 0.3 is 0 Å². The Morgan fingerprint density at radius 2 is 1.87 bits per heavy atom. The fourth-order valence-corrected chi connectivity index (χ4v) is 1.71. The van der Waals surface area contributed by atoms with Crippen LogP contribution in [0.25, 0.3) is 5.57 Å². The number of hydrogen-bond acceptors (Lipinski definition) is 0. The summed E-state index contributed by atoms with van der Waals surface area (Å²) in [5.74, 6) is 0. The van der Waals surface area contributed by atoms with Crippen LogP contribution in [0.1, 0.15) is 25.3 Å². The lowest BCUT2D eigenvalue weighted by molar-refractivity contribution is 0.955. The normalized spacial score (nSPS) is 17.1. The third kappa shape index (κ3) is 2.47. The monoisotopic (exact) mass is 196 g/mol. The zero-order chi connectivity index (χ0) is 10.5. The third-order valence-corrected chi connectivity index (χ3v) is 2.55. The van der Waals surface area contributed by atoms with E-state index in [9.17, 15) is 0 Å². The van der Waals surface area contributed by atoms with Crippen molar-refractivity contribution in [2.24, 2.45) is 0 Å². The minimum Gasteiger partial charge on any atom is -0.0772 e. The molecule has 2 rings (SSSR count). The second-order valence-corrected chi connectivity index (χ2v) is 3.79. The Morgan fingerprint density at radius 3 is 2.60 bits per heavy atom. The van der Waals surface area contributed by atoms with Crippen molar-refractivity contribution in [3.05, 3.63) is 65.8 Å². The highest BCUT2D eigenvalue weighted by Crippen LogP contribution is 2.24. The van der Waals surface area contributed by atoms with Crippen molar-refractivity contribution in [2.75, 3.05) is 0 Å². The fraction of sp³-hybridized carbons (Fsp3) is 0.200. The molecular formula is C15H16. The first-order chi connectivity index (χ1) is 7.40. The quantitative estimate of drug-likeness (QED) is 0.673. The molecular weight excluding hydrogens is 180 g/mol.